The minimum atomic E-state index is -0.144. The Morgan fingerprint density at radius 3 is 1.74 bits per heavy atom. The average molecular weight is 846 g/mol. The third kappa shape index (κ3) is 7.14. The Hall–Kier alpha value is -8.00. The standard InChI is InChI=1S/C65H51N/c1-5-19-64(66(52-34-32-48(33-35-52)45-20-9-6-10-21-45)53-36-37-61-60-26-15-16-31-62(60)65(3,4)63(61)43-53)55-28-17-27-54(44(55)2)57-29-18-30-58-56(38-39-59(57)58)51-41-49(46-22-11-7-12-23-46)40-50(42-51)47-24-13-8-14-25-47/h5-43,59H,1H2,2-4H3/b64-19+. The highest BCUT2D eigenvalue weighted by Crippen LogP contribution is 2.51. The molecule has 3 aliphatic carbocycles. The molecule has 8 aromatic carbocycles. The van der Waals surface area contributed by atoms with Crippen LogP contribution < -0.4 is 4.90 Å². The number of anilines is 2. The molecule has 0 fully saturated rings. The lowest BCUT2D eigenvalue weighted by Crippen LogP contribution is -2.19. The van der Waals surface area contributed by atoms with Gasteiger partial charge in [0.15, 0.2) is 0 Å². The quantitative estimate of drug-likeness (QED) is 0.124. The van der Waals surface area contributed by atoms with Gasteiger partial charge in [0.1, 0.15) is 0 Å². The van der Waals surface area contributed by atoms with Crippen molar-refractivity contribution < 1.29 is 0 Å². The van der Waals surface area contributed by atoms with Crippen LogP contribution >= 0.6 is 0 Å². The zero-order valence-corrected chi connectivity index (χ0v) is 37.7. The molecule has 66 heavy (non-hydrogen) atoms. The van der Waals surface area contributed by atoms with Crippen LogP contribution in [-0.2, 0) is 5.41 Å². The van der Waals surface area contributed by atoms with Crippen LogP contribution in [0, 0.1) is 12.8 Å². The summed E-state index contributed by atoms with van der Waals surface area (Å²) in [5.41, 5.74) is 24.5. The predicted molar refractivity (Wildman–Crippen MR) is 281 cm³/mol. The van der Waals surface area contributed by atoms with Crippen molar-refractivity contribution in [2.24, 2.45) is 5.92 Å². The maximum atomic E-state index is 4.29. The highest BCUT2D eigenvalue weighted by Gasteiger charge is 2.36. The molecular formula is C65H51N. The molecule has 0 saturated carbocycles. The van der Waals surface area contributed by atoms with Crippen LogP contribution in [0.5, 0.6) is 0 Å². The number of allylic oxidation sites excluding steroid dienone is 10. The summed E-state index contributed by atoms with van der Waals surface area (Å²) < 4.78 is 0. The van der Waals surface area contributed by atoms with E-state index in [0.29, 0.717) is 0 Å². The number of benzene rings is 8. The van der Waals surface area contributed by atoms with Gasteiger partial charge in [0, 0.05) is 28.3 Å². The smallest absolute Gasteiger partial charge is 0.0536 e. The molecule has 0 heterocycles. The van der Waals surface area contributed by atoms with Gasteiger partial charge >= 0.3 is 0 Å². The van der Waals surface area contributed by atoms with E-state index < -0.39 is 0 Å². The van der Waals surface area contributed by atoms with E-state index in [1.54, 1.807) is 0 Å². The topological polar surface area (TPSA) is 3.24 Å². The molecule has 8 aromatic rings. The Morgan fingerprint density at radius 2 is 1.08 bits per heavy atom. The molecule has 1 heteroatoms. The van der Waals surface area contributed by atoms with E-state index in [-0.39, 0.29) is 11.3 Å². The molecule has 0 saturated heterocycles. The van der Waals surface area contributed by atoms with Crippen molar-refractivity contribution in [2.75, 3.05) is 4.90 Å². The van der Waals surface area contributed by atoms with E-state index in [1.165, 1.54) is 89.0 Å². The fraction of sp³-hybridized carbons (Fsp3) is 0.0769. The van der Waals surface area contributed by atoms with E-state index in [4.69, 9.17) is 0 Å². The van der Waals surface area contributed by atoms with Crippen molar-refractivity contribution in [1.82, 2.24) is 0 Å². The van der Waals surface area contributed by atoms with Crippen molar-refractivity contribution in [2.45, 2.75) is 26.2 Å². The van der Waals surface area contributed by atoms with Crippen LogP contribution in [0.15, 0.2) is 249 Å². The Kier molecular flexibility index (Phi) is 10.4. The van der Waals surface area contributed by atoms with Crippen LogP contribution in [0.3, 0.4) is 0 Å². The molecule has 1 nitrogen and oxygen atoms in total. The molecule has 0 bridgehead atoms. The summed E-state index contributed by atoms with van der Waals surface area (Å²) in [4.78, 5) is 2.43. The van der Waals surface area contributed by atoms with Crippen molar-refractivity contribution >= 4 is 28.2 Å². The third-order valence-electron chi connectivity index (χ3n) is 13.9. The molecule has 0 N–H and O–H groups in total. The molecule has 0 aromatic heterocycles. The number of nitrogens with zero attached hydrogens (tertiary/aromatic N) is 1. The second kappa shape index (κ2) is 16.8. The van der Waals surface area contributed by atoms with Gasteiger partial charge < -0.3 is 4.90 Å². The average Bonchev–Trinajstić information content (AvgIpc) is 3.91. The maximum absolute atomic E-state index is 4.29. The highest BCUT2D eigenvalue weighted by molar-refractivity contribution is 5.96. The van der Waals surface area contributed by atoms with Crippen LogP contribution in [0.4, 0.5) is 11.4 Å². The normalized spacial score (nSPS) is 15.5. The first-order valence-corrected chi connectivity index (χ1v) is 23.1. The zero-order valence-electron chi connectivity index (χ0n) is 37.7. The van der Waals surface area contributed by atoms with Crippen LogP contribution in [0.25, 0.3) is 61.4 Å². The summed E-state index contributed by atoms with van der Waals surface area (Å²) in [6.45, 7) is 11.3. The second-order valence-electron chi connectivity index (χ2n) is 18.1. The Morgan fingerprint density at radius 1 is 0.515 bits per heavy atom. The SMILES string of the molecule is C=C/C=C(\c1cccc(C2=CC=CC3=C(c4cc(-c5ccccc5)cc(-c5ccccc5)c4)C=CC23)c1C)N(c1ccc(-c2ccccc2)cc1)c1ccc2c(c1)C(C)(C)c1ccccc1-2. The molecule has 1 unspecified atom stereocenters. The molecular weight excluding hydrogens is 795 g/mol. The van der Waals surface area contributed by atoms with E-state index in [1.807, 2.05) is 6.08 Å². The van der Waals surface area contributed by atoms with E-state index in [9.17, 15) is 0 Å². The molecule has 3 aliphatic rings. The summed E-state index contributed by atoms with van der Waals surface area (Å²) in [6.07, 6.45) is 15.7. The fourth-order valence-electron chi connectivity index (χ4n) is 10.6. The first kappa shape index (κ1) is 40.8. The largest absolute Gasteiger partial charge is 0.310 e. The molecule has 0 spiro atoms. The van der Waals surface area contributed by atoms with Gasteiger partial charge in [-0.25, -0.2) is 0 Å². The van der Waals surface area contributed by atoms with E-state index in [2.05, 4.69) is 263 Å². The summed E-state index contributed by atoms with van der Waals surface area (Å²) in [5.74, 6) is 0.119. The van der Waals surface area contributed by atoms with Gasteiger partial charge in [-0.1, -0.05) is 209 Å². The Bertz CT molecular complexity index is 3260. The molecule has 11 rings (SSSR count). The van der Waals surface area contributed by atoms with Crippen molar-refractivity contribution in [3.8, 4) is 44.5 Å². The van der Waals surface area contributed by atoms with Crippen molar-refractivity contribution in [3.63, 3.8) is 0 Å². The lowest BCUT2D eigenvalue weighted by atomic mass is 9.80. The lowest BCUT2D eigenvalue weighted by molar-refractivity contribution is 0.660. The van der Waals surface area contributed by atoms with Crippen molar-refractivity contribution in [1.29, 1.82) is 0 Å². The van der Waals surface area contributed by atoms with Gasteiger partial charge in [0.25, 0.3) is 0 Å². The molecule has 316 valence electrons. The minimum absolute atomic E-state index is 0.119. The Labute approximate surface area is 390 Å². The fourth-order valence-corrected chi connectivity index (χ4v) is 10.6. The molecule has 1 atom stereocenters. The lowest BCUT2D eigenvalue weighted by Gasteiger charge is -2.31. The summed E-state index contributed by atoms with van der Waals surface area (Å²) in [7, 11) is 0. The van der Waals surface area contributed by atoms with Crippen LogP contribution in [0.1, 0.15) is 47.2 Å². The van der Waals surface area contributed by atoms with E-state index in [0.717, 1.165) is 22.6 Å². The predicted octanol–water partition coefficient (Wildman–Crippen LogP) is 17.3. The van der Waals surface area contributed by atoms with Gasteiger partial charge in [-0.2, -0.15) is 0 Å². The van der Waals surface area contributed by atoms with Gasteiger partial charge in [-0.3, -0.25) is 0 Å². The van der Waals surface area contributed by atoms with E-state index >= 15 is 0 Å². The Balaban J connectivity index is 1.01. The van der Waals surface area contributed by atoms with Gasteiger partial charge in [0.2, 0.25) is 0 Å². The highest BCUT2D eigenvalue weighted by atomic mass is 15.1. The maximum Gasteiger partial charge on any atom is 0.0536 e. The number of hydrogen-bond acceptors (Lipinski definition) is 1. The van der Waals surface area contributed by atoms with Gasteiger partial charge in [-0.15, -0.1) is 0 Å². The number of fused-ring (bicyclic) bond motifs is 4. The van der Waals surface area contributed by atoms with Crippen LogP contribution in [0.2, 0.25) is 0 Å². The number of rotatable bonds is 10. The third-order valence-corrected chi connectivity index (χ3v) is 13.9. The van der Waals surface area contributed by atoms with Gasteiger partial charge in [-0.05, 0) is 145 Å². The molecule has 0 amide bonds. The van der Waals surface area contributed by atoms with Crippen molar-refractivity contribution in [3.05, 3.63) is 282 Å². The minimum Gasteiger partial charge on any atom is -0.310 e. The summed E-state index contributed by atoms with van der Waals surface area (Å²) in [5, 5.41) is 0. The molecule has 0 aliphatic heterocycles. The first-order chi connectivity index (χ1) is 32.4. The summed E-state index contributed by atoms with van der Waals surface area (Å²) >= 11 is 0. The monoisotopic (exact) mass is 845 g/mol. The van der Waals surface area contributed by atoms with Crippen LogP contribution in [-0.4, -0.2) is 0 Å². The summed E-state index contributed by atoms with van der Waals surface area (Å²) in [6, 6.07) is 70.9. The first-order valence-electron chi connectivity index (χ1n) is 23.1. The zero-order chi connectivity index (χ0) is 44.8. The number of hydrogen-bond donors (Lipinski definition) is 0. The molecule has 0 radical (unpaired) electrons. The second-order valence-corrected chi connectivity index (χ2v) is 18.1. The van der Waals surface area contributed by atoms with Gasteiger partial charge in [0.05, 0.1) is 5.70 Å².